The van der Waals surface area contributed by atoms with Crippen LogP contribution in [-0.2, 0) is 15.5 Å². The molecule has 0 saturated carbocycles. The van der Waals surface area contributed by atoms with Crippen LogP contribution in [0.3, 0.4) is 0 Å². The van der Waals surface area contributed by atoms with E-state index in [1.165, 1.54) is 0 Å². The molecule has 9 heteroatoms. The summed E-state index contributed by atoms with van der Waals surface area (Å²) in [5, 5.41) is 2.74. The summed E-state index contributed by atoms with van der Waals surface area (Å²) in [7, 11) is 0.491. The van der Waals surface area contributed by atoms with Crippen molar-refractivity contribution in [3.8, 4) is 0 Å². The quantitative estimate of drug-likeness (QED) is 0.510. The first-order valence-electron chi connectivity index (χ1n) is 7.53. The van der Waals surface area contributed by atoms with Crippen molar-refractivity contribution in [1.29, 1.82) is 0 Å². The molecule has 1 aromatic rings. The molecule has 0 spiro atoms. The molecule has 2 rings (SSSR count). The highest BCUT2D eigenvalue weighted by Gasteiger charge is 2.53. The molecule has 2 heterocycles. The van der Waals surface area contributed by atoms with Crippen molar-refractivity contribution in [2.45, 2.75) is 52.0 Å². The van der Waals surface area contributed by atoms with Crippen molar-refractivity contribution in [3.63, 3.8) is 0 Å². The number of nitrogens with zero attached hydrogens (tertiary/aromatic N) is 2. The molecule has 1 fully saturated rings. The number of nitrogens with one attached hydrogen (secondary N) is 1. The lowest BCUT2D eigenvalue weighted by molar-refractivity contribution is -0.136. The van der Waals surface area contributed by atoms with Gasteiger partial charge in [-0.2, -0.15) is 13.2 Å². The van der Waals surface area contributed by atoms with Crippen molar-refractivity contribution >= 4 is 24.2 Å². The third kappa shape index (κ3) is 3.56. The third-order valence-corrected chi connectivity index (χ3v) is 4.38. The number of aromatic nitrogens is 1. The van der Waals surface area contributed by atoms with Crippen LogP contribution in [0.4, 0.5) is 19.0 Å². The first-order valence-corrected chi connectivity index (χ1v) is 7.53. The van der Waals surface area contributed by atoms with E-state index in [9.17, 15) is 13.2 Å². The van der Waals surface area contributed by atoms with E-state index in [1.54, 1.807) is 41.7 Å². The fraction of sp³-hybridized carbons (Fsp3) is 0.600. The van der Waals surface area contributed by atoms with E-state index in [0.717, 1.165) is 12.3 Å². The summed E-state index contributed by atoms with van der Waals surface area (Å²) in [5.41, 5.74) is -2.49. The van der Waals surface area contributed by atoms with Gasteiger partial charge in [-0.15, -0.1) is 0 Å². The van der Waals surface area contributed by atoms with Gasteiger partial charge in [0.2, 0.25) is 0 Å². The zero-order valence-corrected chi connectivity index (χ0v) is 14.6. The molecular weight excluding hydrogens is 322 g/mol. The van der Waals surface area contributed by atoms with E-state index >= 15 is 0 Å². The highest BCUT2D eigenvalue weighted by Crippen LogP contribution is 2.38. The Labute approximate surface area is 139 Å². The van der Waals surface area contributed by atoms with Crippen molar-refractivity contribution in [2.75, 3.05) is 7.05 Å². The monoisotopic (exact) mass is 343 g/mol. The van der Waals surface area contributed by atoms with Crippen LogP contribution in [0.1, 0.15) is 40.2 Å². The van der Waals surface area contributed by atoms with Crippen LogP contribution in [0.2, 0.25) is 0 Å². The predicted molar refractivity (Wildman–Crippen MR) is 86.8 cm³/mol. The predicted octanol–water partition coefficient (Wildman–Crippen LogP) is 2.67. The minimum atomic E-state index is -4.57. The van der Waals surface area contributed by atoms with Crippen LogP contribution < -0.4 is 10.8 Å². The van der Waals surface area contributed by atoms with Gasteiger partial charge in [0.25, 0.3) is 0 Å². The minimum absolute atomic E-state index is 0.0329. The first kappa shape index (κ1) is 18.7. The van der Waals surface area contributed by atoms with E-state index in [0.29, 0.717) is 5.84 Å². The summed E-state index contributed by atoms with van der Waals surface area (Å²) in [5.74, 6) is 0.424. The number of amidine groups is 1. The normalized spacial score (nSPS) is 20.4. The second-order valence-electron chi connectivity index (χ2n) is 6.66. The van der Waals surface area contributed by atoms with E-state index in [4.69, 9.17) is 9.31 Å². The number of pyridine rings is 1. The van der Waals surface area contributed by atoms with Gasteiger partial charge in [-0.25, -0.2) is 9.98 Å². The van der Waals surface area contributed by atoms with Gasteiger partial charge in [-0.1, -0.05) is 0 Å². The highest BCUT2D eigenvalue weighted by molar-refractivity contribution is 6.62. The molecular formula is C15H21BF3N3O2. The van der Waals surface area contributed by atoms with Gasteiger partial charge < -0.3 is 14.6 Å². The van der Waals surface area contributed by atoms with Gasteiger partial charge in [-0.3, -0.25) is 0 Å². The molecule has 0 unspecified atom stereocenters. The number of hydrogen-bond donors (Lipinski definition) is 1. The minimum Gasteiger partial charge on any atom is -0.399 e. The lowest BCUT2D eigenvalue weighted by Gasteiger charge is -2.32. The van der Waals surface area contributed by atoms with Crippen molar-refractivity contribution in [1.82, 2.24) is 10.3 Å². The summed E-state index contributed by atoms with van der Waals surface area (Å²) < 4.78 is 51.9. The number of alkyl halides is 3. The smallest absolute Gasteiger partial charge is 0.399 e. The number of rotatable bonds is 2. The average Bonchev–Trinajstić information content (AvgIpc) is 2.66. The Balaban J connectivity index is 2.48. The molecule has 132 valence electrons. The van der Waals surface area contributed by atoms with Crippen molar-refractivity contribution in [2.24, 2.45) is 4.99 Å². The molecule has 1 aliphatic rings. The Morgan fingerprint density at radius 3 is 2.21 bits per heavy atom. The summed E-state index contributed by atoms with van der Waals surface area (Å²) in [6.45, 7) is 8.76. The number of halogens is 3. The fourth-order valence-corrected chi connectivity index (χ4v) is 2.15. The van der Waals surface area contributed by atoms with Crippen molar-refractivity contribution < 1.29 is 22.5 Å². The largest absolute Gasteiger partial charge is 0.497 e. The summed E-state index contributed by atoms with van der Waals surface area (Å²) >= 11 is 0. The van der Waals surface area contributed by atoms with Gasteiger partial charge in [0.05, 0.1) is 16.8 Å². The SMILES string of the molecule is CN/C(C)=N\c1cc(C(F)(F)F)c(B2OC(C)(C)C(C)(C)O2)cn1. The Bertz CT molecular complexity index is 644. The Kier molecular flexibility index (Phi) is 4.71. The molecule has 1 N–H and O–H groups in total. The molecule has 5 nitrogen and oxygen atoms in total. The summed E-state index contributed by atoms with van der Waals surface area (Å²) in [4.78, 5) is 7.98. The van der Waals surface area contributed by atoms with Crippen LogP contribution in [0.15, 0.2) is 17.3 Å². The van der Waals surface area contributed by atoms with Crippen LogP contribution in [0.5, 0.6) is 0 Å². The zero-order chi connectivity index (χ0) is 18.3. The Hall–Kier alpha value is -1.61. The van der Waals surface area contributed by atoms with Crippen LogP contribution in [0, 0.1) is 0 Å². The van der Waals surface area contributed by atoms with Gasteiger partial charge >= 0.3 is 13.3 Å². The maximum atomic E-state index is 13.5. The van der Waals surface area contributed by atoms with Crippen LogP contribution in [-0.4, -0.2) is 36.2 Å². The fourth-order valence-electron chi connectivity index (χ4n) is 2.15. The first-order chi connectivity index (χ1) is 10.9. The Morgan fingerprint density at radius 1 is 1.21 bits per heavy atom. The average molecular weight is 343 g/mol. The molecule has 1 aromatic heterocycles. The lowest BCUT2D eigenvalue weighted by Crippen LogP contribution is -2.41. The number of aliphatic imine (C=N–C) groups is 1. The van der Waals surface area contributed by atoms with Gasteiger partial charge in [-0.05, 0) is 40.7 Å². The third-order valence-electron chi connectivity index (χ3n) is 4.38. The molecule has 0 radical (unpaired) electrons. The van der Waals surface area contributed by atoms with E-state index in [-0.39, 0.29) is 11.3 Å². The maximum Gasteiger partial charge on any atom is 0.497 e. The van der Waals surface area contributed by atoms with E-state index < -0.39 is 30.1 Å². The summed E-state index contributed by atoms with van der Waals surface area (Å²) in [6.07, 6.45) is -3.45. The topological polar surface area (TPSA) is 55.7 Å². The van der Waals surface area contributed by atoms with Crippen molar-refractivity contribution in [3.05, 3.63) is 17.8 Å². The summed E-state index contributed by atoms with van der Waals surface area (Å²) in [6, 6.07) is 0.904. The molecule has 1 aliphatic heterocycles. The lowest BCUT2D eigenvalue weighted by atomic mass is 9.77. The van der Waals surface area contributed by atoms with E-state index in [2.05, 4.69) is 15.3 Å². The number of hydrogen-bond acceptors (Lipinski definition) is 4. The zero-order valence-electron chi connectivity index (χ0n) is 14.6. The van der Waals surface area contributed by atoms with Gasteiger partial charge in [0, 0.05) is 18.7 Å². The second kappa shape index (κ2) is 6.04. The van der Waals surface area contributed by atoms with E-state index in [1.807, 2.05) is 0 Å². The van der Waals surface area contributed by atoms with Crippen LogP contribution >= 0.6 is 0 Å². The molecule has 0 aromatic carbocycles. The van der Waals surface area contributed by atoms with Gasteiger partial charge in [0.15, 0.2) is 5.82 Å². The maximum absolute atomic E-state index is 13.5. The molecule has 0 atom stereocenters. The molecule has 1 saturated heterocycles. The molecule has 24 heavy (non-hydrogen) atoms. The molecule has 0 aliphatic carbocycles. The van der Waals surface area contributed by atoms with Crippen LogP contribution in [0.25, 0.3) is 0 Å². The Morgan fingerprint density at radius 2 is 1.75 bits per heavy atom. The molecule has 0 bridgehead atoms. The molecule has 0 amide bonds. The van der Waals surface area contributed by atoms with Gasteiger partial charge in [0.1, 0.15) is 5.84 Å². The second-order valence-corrected chi connectivity index (χ2v) is 6.66. The standard InChI is InChI=1S/C15H21BF3N3O2/c1-9(20-6)22-12-7-10(15(17,18)19)11(8-21-12)16-23-13(2,3)14(4,5)24-16/h7-8H,1-6H3,(H,20,21,22). The highest BCUT2D eigenvalue weighted by atomic mass is 19.4.